The van der Waals surface area contributed by atoms with Crippen LogP contribution in [0, 0.1) is 11.7 Å². The summed E-state index contributed by atoms with van der Waals surface area (Å²) >= 11 is 0. The molecule has 0 saturated carbocycles. The zero-order valence-electron chi connectivity index (χ0n) is 10.3. The van der Waals surface area contributed by atoms with Crippen molar-refractivity contribution in [2.45, 2.75) is 12.6 Å². The number of hydrogen-bond acceptors (Lipinski definition) is 2. The van der Waals surface area contributed by atoms with Crippen molar-refractivity contribution in [2.24, 2.45) is 5.92 Å². The summed E-state index contributed by atoms with van der Waals surface area (Å²) in [5, 5.41) is 5.17. The van der Waals surface area contributed by atoms with Gasteiger partial charge in [0.2, 0.25) is 5.91 Å². The van der Waals surface area contributed by atoms with Crippen LogP contribution < -0.4 is 10.6 Å². The maximum absolute atomic E-state index is 13.4. The Morgan fingerprint density at radius 2 is 2.05 bits per heavy atom. The molecule has 20 heavy (non-hydrogen) atoms. The fraction of sp³-hybridized carbons (Fsp3) is 0.417. The van der Waals surface area contributed by atoms with E-state index in [2.05, 4.69) is 10.6 Å². The topological polar surface area (TPSA) is 41.1 Å². The van der Waals surface area contributed by atoms with E-state index in [0.717, 1.165) is 0 Å². The van der Waals surface area contributed by atoms with Crippen LogP contribution >= 0.6 is 12.4 Å². The summed E-state index contributed by atoms with van der Waals surface area (Å²) in [7, 11) is 0. The lowest BCUT2D eigenvalue weighted by molar-refractivity contribution is -0.137. The number of carbonyl (C=O) groups is 1. The second-order valence-corrected chi connectivity index (χ2v) is 4.37. The highest BCUT2D eigenvalue weighted by Gasteiger charge is 2.31. The van der Waals surface area contributed by atoms with E-state index < -0.39 is 29.2 Å². The van der Waals surface area contributed by atoms with Gasteiger partial charge >= 0.3 is 6.18 Å². The molecule has 0 bridgehead atoms. The second kappa shape index (κ2) is 6.41. The Morgan fingerprint density at radius 3 is 2.60 bits per heavy atom. The van der Waals surface area contributed by atoms with Crippen LogP contribution in [-0.4, -0.2) is 19.0 Å². The van der Waals surface area contributed by atoms with E-state index in [1.165, 1.54) is 0 Å². The van der Waals surface area contributed by atoms with Crippen molar-refractivity contribution in [3.05, 3.63) is 29.6 Å². The number of carbonyl (C=O) groups excluding carboxylic acids is 1. The molecule has 1 saturated heterocycles. The highest BCUT2D eigenvalue weighted by Crippen LogP contribution is 2.32. The molecule has 1 aromatic rings. The van der Waals surface area contributed by atoms with E-state index in [4.69, 9.17) is 0 Å². The molecular weight excluding hydrogens is 300 g/mol. The van der Waals surface area contributed by atoms with Gasteiger partial charge in [0.15, 0.2) is 0 Å². The lowest BCUT2D eigenvalue weighted by atomic mass is 10.1. The third kappa shape index (κ3) is 3.83. The molecule has 1 aliphatic heterocycles. The zero-order chi connectivity index (χ0) is 14.0. The normalized spacial score (nSPS) is 18.5. The fourth-order valence-electron chi connectivity index (χ4n) is 1.91. The summed E-state index contributed by atoms with van der Waals surface area (Å²) in [6, 6.07) is 1.95. The monoisotopic (exact) mass is 312 g/mol. The quantitative estimate of drug-likeness (QED) is 0.825. The van der Waals surface area contributed by atoms with Crippen LogP contribution in [0.1, 0.15) is 12.0 Å². The third-order valence-electron chi connectivity index (χ3n) is 2.98. The first kappa shape index (κ1) is 16.7. The zero-order valence-corrected chi connectivity index (χ0v) is 11.1. The molecule has 1 aliphatic rings. The van der Waals surface area contributed by atoms with Crippen molar-refractivity contribution < 1.29 is 22.4 Å². The predicted octanol–water partition coefficient (Wildman–Crippen LogP) is 2.81. The van der Waals surface area contributed by atoms with Gasteiger partial charge in [-0.2, -0.15) is 13.2 Å². The minimum Gasteiger partial charge on any atom is -0.323 e. The highest BCUT2D eigenvalue weighted by molar-refractivity contribution is 5.93. The van der Waals surface area contributed by atoms with Crippen LogP contribution in [0.2, 0.25) is 0 Å². The Balaban J connectivity index is 0.00000200. The fourth-order valence-corrected chi connectivity index (χ4v) is 1.91. The summed E-state index contributed by atoms with van der Waals surface area (Å²) in [6.07, 6.45) is -3.98. The Bertz CT molecular complexity index is 487. The van der Waals surface area contributed by atoms with Crippen LogP contribution in [0.25, 0.3) is 0 Å². The Hall–Kier alpha value is -1.34. The summed E-state index contributed by atoms with van der Waals surface area (Å²) < 4.78 is 50.9. The maximum atomic E-state index is 13.4. The molecule has 2 N–H and O–H groups in total. The van der Waals surface area contributed by atoms with Gasteiger partial charge in [-0.15, -0.1) is 12.4 Å². The number of benzene rings is 1. The first-order chi connectivity index (χ1) is 8.88. The number of amides is 1. The summed E-state index contributed by atoms with van der Waals surface area (Å²) in [5.74, 6) is -1.69. The van der Waals surface area contributed by atoms with Gasteiger partial charge in [0.05, 0.1) is 17.2 Å². The number of nitrogens with one attached hydrogen (secondary N) is 2. The van der Waals surface area contributed by atoms with Gasteiger partial charge in [-0.1, -0.05) is 0 Å². The molecule has 0 aromatic heterocycles. The van der Waals surface area contributed by atoms with Gasteiger partial charge in [-0.05, 0) is 31.2 Å². The Labute approximate surface area is 119 Å². The van der Waals surface area contributed by atoms with Crippen LogP contribution in [0.3, 0.4) is 0 Å². The maximum Gasteiger partial charge on any atom is 0.416 e. The van der Waals surface area contributed by atoms with E-state index in [-0.39, 0.29) is 18.3 Å². The number of anilines is 1. The second-order valence-electron chi connectivity index (χ2n) is 4.37. The van der Waals surface area contributed by atoms with Crippen LogP contribution in [0.5, 0.6) is 0 Å². The Morgan fingerprint density at radius 1 is 1.35 bits per heavy atom. The van der Waals surface area contributed by atoms with Crippen LogP contribution in [0.15, 0.2) is 18.2 Å². The molecule has 1 amide bonds. The van der Waals surface area contributed by atoms with Crippen molar-refractivity contribution in [1.29, 1.82) is 0 Å². The Kier molecular flexibility index (Phi) is 5.35. The van der Waals surface area contributed by atoms with Gasteiger partial charge in [0.25, 0.3) is 0 Å². The largest absolute Gasteiger partial charge is 0.416 e. The average Bonchev–Trinajstić information content (AvgIpc) is 2.84. The molecule has 1 aromatic carbocycles. The summed E-state index contributed by atoms with van der Waals surface area (Å²) in [6.45, 7) is 1.12. The van der Waals surface area contributed by atoms with Gasteiger partial charge < -0.3 is 10.6 Å². The molecule has 1 fully saturated rings. The van der Waals surface area contributed by atoms with Crippen molar-refractivity contribution in [3.63, 3.8) is 0 Å². The molecule has 3 nitrogen and oxygen atoms in total. The SMILES string of the molecule is Cl.O=C(Nc1cc(C(F)(F)F)ccc1F)C1CCNC1. The highest BCUT2D eigenvalue weighted by atomic mass is 35.5. The van der Waals surface area contributed by atoms with Gasteiger partial charge in [-0.25, -0.2) is 4.39 Å². The number of halogens is 5. The molecule has 112 valence electrons. The van der Waals surface area contributed by atoms with Gasteiger partial charge in [0.1, 0.15) is 5.82 Å². The number of rotatable bonds is 2. The standard InChI is InChI=1S/C12H12F4N2O.ClH/c13-9-2-1-8(12(14,15)16)5-10(9)18-11(19)7-3-4-17-6-7;/h1-2,5,7,17H,3-4,6H2,(H,18,19);1H. The van der Waals surface area contributed by atoms with E-state index in [1.54, 1.807) is 0 Å². The number of alkyl halides is 3. The molecule has 1 atom stereocenters. The van der Waals surface area contributed by atoms with E-state index >= 15 is 0 Å². The molecule has 0 spiro atoms. The minimum atomic E-state index is -4.57. The van der Waals surface area contributed by atoms with E-state index in [9.17, 15) is 22.4 Å². The smallest absolute Gasteiger partial charge is 0.323 e. The summed E-state index contributed by atoms with van der Waals surface area (Å²) in [4.78, 5) is 11.7. The van der Waals surface area contributed by atoms with Crippen molar-refractivity contribution in [1.82, 2.24) is 5.32 Å². The van der Waals surface area contributed by atoms with Crippen LogP contribution in [0.4, 0.5) is 23.2 Å². The molecule has 0 aliphatic carbocycles. The number of hydrogen-bond donors (Lipinski definition) is 2. The summed E-state index contributed by atoms with van der Waals surface area (Å²) in [5.41, 5.74) is -1.43. The molecule has 0 radical (unpaired) electrons. The van der Waals surface area contributed by atoms with Crippen molar-refractivity contribution >= 4 is 24.0 Å². The van der Waals surface area contributed by atoms with Crippen molar-refractivity contribution in [2.75, 3.05) is 18.4 Å². The van der Waals surface area contributed by atoms with Gasteiger partial charge in [-0.3, -0.25) is 4.79 Å². The molecule has 1 heterocycles. The van der Waals surface area contributed by atoms with Crippen molar-refractivity contribution in [3.8, 4) is 0 Å². The first-order valence-electron chi connectivity index (χ1n) is 5.76. The van der Waals surface area contributed by atoms with Crippen LogP contribution in [-0.2, 0) is 11.0 Å². The molecule has 1 unspecified atom stereocenters. The minimum absolute atomic E-state index is 0. The molecular formula is C12H13ClF4N2O. The molecule has 2 rings (SSSR count). The van der Waals surface area contributed by atoms with Gasteiger partial charge in [0, 0.05) is 6.54 Å². The predicted molar refractivity (Wildman–Crippen MR) is 68.3 cm³/mol. The first-order valence-corrected chi connectivity index (χ1v) is 5.76. The lowest BCUT2D eigenvalue weighted by Crippen LogP contribution is -2.25. The third-order valence-corrected chi connectivity index (χ3v) is 2.98. The average molecular weight is 313 g/mol. The lowest BCUT2D eigenvalue weighted by Gasteiger charge is -2.13. The van der Waals surface area contributed by atoms with E-state index in [1.807, 2.05) is 0 Å². The van der Waals surface area contributed by atoms with E-state index in [0.29, 0.717) is 37.7 Å². The molecule has 8 heteroatoms.